The van der Waals surface area contributed by atoms with Gasteiger partial charge >= 0.3 is 0 Å². The number of methoxy groups -OCH3 is 1. The molecule has 0 aromatic heterocycles. The molecule has 96 valence electrons. The Kier molecular flexibility index (Phi) is 4.38. The van der Waals surface area contributed by atoms with Crippen molar-refractivity contribution >= 4 is 0 Å². The van der Waals surface area contributed by atoms with Gasteiger partial charge in [0.15, 0.2) is 0 Å². The SMILES string of the molecule is COC(C)(C)CC(O)C1(CN)CCC(C)C1. The fourth-order valence-corrected chi connectivity index (χ4v) is 2.82. The monoisotopic (exact) mass is 229 g/mol. The van der Waals surface area contributed by atoms with Crippen molar-refractivity contribution in [3.8, 4) is 0 Å². The van der Waals surface area contributed by atoms with Crippen molar-refractivity contribution in [1.29, 1.82) is 0 Å². The van der Waals surface area contributed by atoms with E-state index >= 15 is 0 Å². The molecule has 0 aromatic carbocycles. The van der Waals surface area contributed by atoms with Crippen LogP contribution in [0.1, 0.15) is 46.5 Å². The van der Waals surface area contributed by atoms with Crippen molar-refractivity contribution < 1.29 is 9.84 Å². The lowest BCUT2D eigenvalue weighted by molar-refractivity contribution is -0.0590. The number of hydrogen-bond donors (Lipinski definition) is 2. The third kappa shape index (κ3) is 2.96. The number of ether oxygens (including phenoxy) is 1. The van der Waals surface area contributed by atoms with Gasteiger partial charge in [0.05, 0.1) is 11.7 Å². The maximum atomic E-state index is 10.4. The fraction of sp³-hybridized carbons (Fsp3) is 1.00. The van der Waals surface area contributed by atoms with Crippen LogP contribution in [0.4, 0.5) is 0 Å². The van der Waals surface area contributed by atoms with Gasteiger partial charge in [-0.3, -0.25) is 0 Å². The number of hydrogen-bond acceptors (Lipinski definition) is 3. The second kappa shape index (κ2) is 5.03. The highest BCUT2D eigenvalue weighted by Gasteiger charge is 2.43. The largest absolute Gasteiger partial charge is 0.392 e. The lowest BCUT2D eigenvalue weighted by atomic mass is 9.76. The molecule has 3 heteroatoms. The molecule has 3 unspecified atom stereocenters. The van der Waals surface area contributed by atoms with Crippen LogP contribution in [-0.2, 0) is 4.74 Å². The Morgan fingerprint density at radius 3 is 2.56 bits per heavy atom. The van der Waals surface area contributed by atoms with Crippen molar-refractivity contribution in [3.05, 3.63) is 0 Å². The molecule has 0 spiro atoms. The van der Waals surface area contributed by atoms with E-state index in [1.54, 1.807) is 7.11 Å². The Bertz CT molecular complexity index is 230. The predicted octanol–water partition coefficient (Wildman–Crippen LogP) is 1.93. The van der Waals surface area contributed by atoms with Crippen LogP contribution in [0.25, 0.3) is 0 Å². The molecule has 0 saturated heterocycles. The van der Waals surface area contributed by atoms with Gasteiger partial charge in [-0.1, -0.05) is 13.3 Å². The molecule has 1 fully saturated rings. The molecule has 0 aliphatic heterocycles. The van der Waals surface area contributed by atoms with E-state index in [4.69, 9.17) is 10.5 Å². The Balaban J connectivity index is 2.67. The first-order valence-electron chi connectivity index (χ1n) is 6.28. The Hall–Kier alpha value is -0.120. The molecule has 0 amide bonds. The molecule has 3 nitrogen and oxygen atoms in total. The topological polar surface area (TPSA) is 55.5 Å². The molecule has 1 aliphatic carbocycles. The molecule has 0 bridgehead atoms. The lowest BCUT2D eigenvalue weighted by Crippen LogP contribution is -2.44. The van der Waals surface area contributed by atoms with Gasteiger partial charge in [0.25, 0.3) is 0 Å². The Morgan fingerprint density at radius 2 is 2.19 bits per heavy atom. The molecule has 16 heavy (non-hydrogen) atoms. The van der Waals surface area contributed by atoms with E-state index in [9.17, 15) is 5.11 Å². The number of aliphatic hydroxyl groups is 1. The van der Waals surface area contributed by atoms with E-state index in [0.29, 0.717) is 18.9 Å². The van der Waals surface area contributed by atoms with E-state index < -0.39 is 0 Å². The minimum Gasteiger partial charge on any atom is -0.392 e. The summed E-state index contributed by atoms with van der Waals surface area (Å²) in [6, 6.07) is 0. The smallest absolute Gasteiger partial charge is 0.0647 e. The van der Waals surface area contributed by atoms with E-state index in [0.717, 1.165) is 12.8 Å². The zero-order valence-corrected chi connectivity index (χ0v) is 11.1. The third-order valence-electron chi connectivity index (χ3n) is 4.24. The van der Waals surface area contributed by atoms with Crippen LogP contribution < -0.4 is 5.73 Å². The van der Waals surface area contributed by atoms with Crippen LogP contribution in [0.15, 0.2) is 0 Å². The van der Waals surface area contributed by atoms with E-state index in [1.165, 1.54) is 6.42 Å². The quantitative estimate of drug-likeness (QED) is 0.757. The summed E-state index contributed by atoms with van der Waals surface area (Å²) in [6.45, 7) is 6.85. The van der Waals surface area contributed by atoms with Crippen molar-refractivity contribution in [2.75, 3.05) is 13.7 Å². The minimum atomic E-state index is -0.350. The first-order chi connectivity index (χ1) is 7.35. The predicted molar refractivity (Wildman–Crippen MR) is 66.2 cm³/mol. The zero-order valence-electron chi connectivity index (χ0n) is 11.1. The van der Waals surface area contributed by atoms with Crippen LogP contribution in [0, 0.1) is 11.3 Å². The molecular formula is C13H27NO2. The highest BCUT2D eigenvalue weighted by atomic mass is 16.5. The second-order valence-electron chi connectivity index (χ2n) is 6.10. The molecule has 3 N–H and O–H groups in total. The fourth-order valence-electron chi connectivity index (χ4n) is 2.82. The first-order valence-corrected chi connectivity index (χ1v) is 6.28. The maximum Gasteiger partial charge on any atom is 0.0647 e. The van der Waals surface area contributed by atoms with E-state index in [2.05, 4.69) is 6.92 Å². The normalized spacial score (nSPS) is 33.0. The molecule has 1 aliphatic rings. The van der Waals surface area contributed by atoms with Crippen LogP contribution in [0.5, 0.6) is 0 Å². The van der Waals surface area contributed by atoms with Crippen LogP contribution in [0.3, 0.4) is 0 Å². The summed E-state index contributed by atoms with van der Waals surface area (Å²) in [6.07, 6.45) is 3.59. The molecule has 0 radical (unpaired) electrons. The van der Waals surface area contributed by atoms with Gasteiger partial charge in [-0.25, -0.2) is 0 Å². The zero-order chi connectivity index (χ0) is 12.4. The van der Waals surface area contributed by atoms with Gasteiger partial charge in [-0.15, -0.1) is 0 Å². The van der Waals surface area contributed by atoms with Gasteiger partial charge in [0, 0.05) is 25.5 Å². The lowest BCUT2D eigenvalue weighted by Gasteiger charge is -2.37. The summed E-state index contributed by atoms with van der Waals surface area (Å²) in [4.78, 5) is 0. The standard InChI is InChI=1S/C13H27NO2/c1-10-5-6-13(7-10,9-14)11(15)8-12(2,3)16-4/h10-11,15H,5-9,14H2,1-4H3. The number of rotatable bonds is 5. The average Bonchev–Trinajstić information content (AvgIpc) is 2.61. The van der Waals surface area contributed by atoms with Gasteiger partial charge < -0.3 is 15.6 Å². The third-order valence-corrected chi connectivity index (χ3v) is 4.24. The number of aliphatic hydroxyl groups excluding tert-OH is 1. The Morgan fingerprint density at radius 1 is 1.56 bits per heavy atom. The first kappa shape index (κ1) is 13.9. The van der Waals surface area contributed by atoms with Gasteiger partial charge in [-0.2, -0.15) is 0 Å². The molecule has 0 heterocycles. The number of nitrogens with two attached hydrogens (primary N) is 1. The minimum absolute atomic E-state index is 0.0742. The summed E-state index contributed by atoms with van der Waals surface area (Å²) in [5, 5.41) is 10.4. The highest BCUT2D eigenvalue weighted by Crippen LogP contribution is 2.45. The average molecular weight is 229 g/mol. The summed E-state index contributed by atoms with van der Waals surface area (Å²) in [5.74, 6) is 0.684. The van der Waals surface area contributed by atoms with Crippen LogP contribution in [0.2, 0.25) is 0 Å². The highest BCUT2D eigenvalue weighted by molar-refractivity contribution is 4.96. The van der Waals surface area contributed by atoms with Gasteiger partial charge in [-0.05, 0) is 32.6 Å². The Labute approximate surface area is 99.4 Å². The molecule has 3 atom stereocenters. The van der Waals surface area contributed by atoms with Crippen LogP contribution >= 0.6 is 0 Å². The maximum absolute atomic E-state index is 10.4. The van der Waals surface area contributed by atoms with Crippen molar-refractivity contribution in [2.24, 2.45) is 17.1 Å². The molecule has 1 rings (SSSR count). The van der Waals surface area contributed by atoms with Crippen molar-refractivity contribution in [1.82, 2.24) is 0 Å². The molecule has 1 saturated carbocycles. The van der Waals surface area contributed by atoms with Crippen LogP contribution in [-0.4, -0.2) is 30.5 Å². The summed E-state index contributed by atoms with van der Waals surface area (Å²) in [7, 11) is 1.69. The van der Waals surface area contributed by atoms with E-state index in [1.807, 2.05) is 13.8 Å². The van der Waals surface area contributed by atoms with Crippen molar-refractivity contribution in [2.45, 2.75) is 58.2 Å². The summed E-state index contributed by atoms with van der Waals surface area (Å²) in [5.41, 5.74) is 5.55. The summed E-state index contributed by atoms with van der Waals surface area (Å²) >= 11 is 0. The van der Waals surface area contributed by atoms with Crippen molar-refractivity contribution in [3.63, 3.8) is 0 Å². The van der Waals surface area contributed by atoms with Gasteiger partial charge in [0.1, 0.15) is 0 Å². The molecular weight excluding hydrogens is 202 g/mol. The molecule has 0 aromatic rings. The second-order valence-corrected chi connectivity index (χ2v) is 6.10. The van der Waals surface area contributed by atoms with E-state index in [-0.39, 0.29) is 17.1 Å². The van der Waals surface area contributed by atoms with Gasteiger partial charge in [0.2, 0.25) is 0 Å². The summed E-state index contributed by atoms with van der Waals surface area (Å²) < 4.78 is 5.38.